The van der Waals surface area contributed by atoms with Crippen molar-refractivity contribution in [3.05, 3.63) is 34.9 Å². The minimum atomic E-state index is -1.69. The van der Waals surface area contributed by atoms with Gasteiger partial charge in [0, 0.05) is 6.54 Å². The third-order valence-electron chi connectivity index (χ3n) is 4.92. The van der Waals surface area contributed by atoms with Crippen molar-refractivity contribution in [3.8, 4) is 0 Å². The molecule has 1 aromatic rings. The van der Waals surface area contributed by atoms with Crippen molar-refractivity contribution in [2.24, 2.45) is 0 Å². The molecule has 0 amide bonds. The summed E-state index contributed by atoms with van der Waals surface area (Å²) in [6, 6.07) is 6.68. The van der Waals surface area contributed by atoms with Gasteiger partial charge in [0.1, 0.15) is 0 Å². The van der Waals surface area contributed by atoms with Gasteiger partial charge >= 0.3 is 0 Å². The summed E-state index contributed by atoms with van der Waals surface area (Å²) in [7, 11) is 0.322. The molecule has 0 bridgehead atoms. The van der Waals surface area contributed by atoms with Crippen LogP contribution in [0.15, 0.2) is 18.2 Å². The summed E-state index contributed by atoms with van der Waals surface area (Å²) >= 11 is 0. The molecule has 2 nitrogen and oxygen atoms in total. The van der Waals surface area contributed by atoms with Gasteiger partial charge in [0.05, 0.1) is 6.10 Å². The van der Waals surface area contributed by atoms with Gasteiger partial charge in [-0.25, -0.2) is 0 Å². The highest BCUT2D eigenvalue weighted by Crippen LogP contribution is 2.44. The number of benzene rings is 1. The van der Waals surface area contributed by atoms with Crippen molar-refractivity contribution < 1.29 is 4.43 Å². The summed E-state index contributed by atoms with van der Waals surface area (Å²) in [5, 5.41) is 3.55. The molecule has 1 aliphatic carbocycles. The highest BCUT2D eigenvalue weighted by Gasteiger charge is 2.40. The first kappa shape index (κ1) is 15.7. The van der Waals surface area contributed by atoms with Gasteiger partial charge in [-0.2, -0.15) is 0 Å². The predicted octanol–water partition coefficient (Wildman–Crippen LogP) is 4.42. The molecule has 1 unspecified atom stereocenters. The Bertz CT molecular complexity index is 476. The van der Waals surface area contributed by atoms with Crippen LogP contribution in [0.25, 0.3) is 0 Å². The smallest absolute Gasteiger partial charge is 0.192 e. The first-order valence-corrected chi connectivity index (χ1v) is 10.6. The van der Waals surface area contributed by atoms with E-state index in [1.807, 2.05) is 7.05 Å². The van der Waals surface area contributed by atoms with E-state index in [2.05, 4.69) is 57.4 Å². The molecular formula is C17H29NOSi. The van der Waals surface area contributed by atoms with E-state index in [1.54, 1.807) is 0 Å². The lowest BCUT2D eigenvalue weighted by Gasteiger charge is -2.38. The Morgan fingerprint density at radius 2 is 2.00 bits per heavy atom. The lowest BCUT2D eigenvalue weighted by molar-refractivity contribution is 0.185. The SMILES string of the molecule is CNCc1cccc2c1CCC2O[Si](C)(C)C(C)(C)C. The highest BCUT2D eigenvalue weighted by molar-refractivity contribution is 6.74. The molecule has 2 rings (SSSR count). The molecule has 0 aliphatic heterocycles. The Labute approximate surface area is 125 Å². The zero-order chi connectivity index (χ0) is 15.0. The number of rotatable bonds is 4. The van der Waals surface area contributed by atoms with E-state index in [0.29, 0.717) is 6.10 Å². The highest BCUT2D eigenvalue weighted by atomic mass is 28.4. The molecular weight excluding hydrogens is 262 g/mol. The van der Waals surface area contributed by atoms with Crippen LogP contribution in [0.3, 0.4) is 0 Å². The van der Waals surface area contributed by atoms with E-state index < -0.39 is 8.32 Å². The van der Waals surface area contributed by atoms with Crippen LogP contribution in [0.5, 0.6) is 0 Å². The molecule has 0 spiro atoms. The second kappa shape index (κ2) is 5.62. The van der Waals surface area contributed by atoms with Crippen molar-refractivity contribution in [1.29, 1.82) is 0 Å². The topological polar surface area (TPSA) is 21.3 Å². The second-order valence-electron chi connectivity index (χ2n) is 7.42. The molecule has 1 N–H and O–H groups in total. The number of nitrogens with one attached hydrogen (secondary N) is 1. The first-order valence-electron chi connectivity index (χ1n) is 7.69. The van der Waals surface area contributed by atoms with Crippen LogP contribution in [0.1, 0.15) is 50.0 Å². The monoisotopic (exact) mass is 291 g/mol. The lowest BCUT2D eigenvalue weighted by Crippen LogP contribution is -2.41. The quantitative estimate of drug-likeness (QED) is 0.829. The molecule has 112 valence electrons. The maximum atomic E-state index is 6.64. The first-order chi connectivity index (χ1) is 9.26. The van der Waals surface area contributed by atoms with Crippen LogP contribution >= 0.6 is 0 Å². The molecule has 0 heterocycles. The standard InChI is InChI=1S/C17H29NOSi/c1-17(2,3)20(5,6)19-16-11-10-14-13(12-18-4)8-7-9-15(14)16/h7-9,16,18H,10-12H2,1-6H3. The van der Waals surface area contributed by atoms with Gasteiger partial charge in [-0.3, -0.25) is 0 Å². The van der Waals surface area contributed by atoms with Crippen molar-refractivity contribution in [3.63, 3.8) is 0 Å². The fourth-order valence-corrected chi connectivity index (χ4v) is 4.01. The predicted molar refractivity (Wildman–Crippen MR) is 88.5 cm³/mol. The van der Waals surface area contributed by atoms with Crippen LogP contribution in [0.2, 0.25) is 18.1 Å². The van der Waals surface area contributed by atoms with Crippen LogP contribution < -0.4 is 5.32 Å². The summed E-state index contributed by atoms with van der Waals surface area (Å²) in [6.45, 7) is 12.6. The molecule has 1 aromatic carbocycles. The maximum absolute atomic E-state index is 6.64. The van der Waals surface area contributed by atoms with Crippen LogP contribution in [-0.4, -0.2) is 15.4 Å². The van der Waals surface area contributed by atoms with Gasteiger partial charge in [-0.15, -0.1) is 0 Å². The third kappa shape index (κ3) is 3.00. The molecule has 0 fully saturated rings. The Kier molecular flexibility index (Phi) is 4.43. The largest absolute Gasteiger partial charge is 0.410 e. The molecule has 3 heteroatoms. The molecule has 1 atom stereocenters. The summed E-state index contributed by atoms with van der Waals surface area (Å²) in [5.74, 6) is 0. The Morgan fingerprint density at radius 3 is 2.60 bits per heavy atom. The van der Waals surface area contributed by atoms with Crippen LogP contribution in [-0.2, 0) is 17.4 Å². The fourth-order valence-electron chi connectivity index (χ4n) is 2.70. The molecule has 0 saturated heterocycles. The van der Waals surface area contributed by atoms with Crippen LogP contribution in [0, 0.1) is 0 Å². The van der Waals surface area contributed by atoms with Gasteiger partial charge in [-0.1, -0.05) is 39.0 Å². The molecule has 0 radical (unpaired) electrons. The van der Waals surface area contributed by atoms with E-state index >= 15 is 0 Å². The van der Waals surface area contributed by atoms with Crippen molar-refractivity contribution in [2.75, 3.05) is 7.05 Å². The molecule has 1 aliphatic rings. The average molecular weight is 292 g/mol. The van der Waals surface area contributed by atoms with Gasteiger partial charge in [0.15, 0.2) is 8.32 Å². The third-order valence-corrected chi connectivity index (χ3v) is 9.41. The van der Waals surface area contributed by atoms with E-state index in [1.165, 1.54) is 16.7 Å². The van der Waals surface area contributed by atoms with E-state index in [0.717, 1.165) is 19.4 Å². The minimum absolute atomic E-state index is 0.276. The van der Waals surface area contributed by atoms with Crippen molar-refractivity contribution in [1.82, 2.24) is 5.32 Å². The Hall–Kier alpha value is -0.643. The van der Waals surface area contributed by atoms with E-state index in [9.17, 15) is 0 Å². The number of hydrogen-bond acceptors (Lipinski definition) is 2. The average Bonchev–Trinajstić information content (AvgIpc) is 2.72. The molecule has 0 saturated carbocycles. The van der Waals surface area contributed by atoms with Gasteiger partial charge < -0.3 is 9.74 Å². The summed E-state index contributed by atoms with van der Waals surface area (Å²) in [4.78, 5) is 0. The van der Waals surface area contributed by atoms with Crippen LogP contribution in [0.4, 0.5) is 0 Å². The summed E-state index contributed by atoms with van der Waals surface area (Å²) < 4.78 is 6.64. The lowest BCUT2D eigenvalue weighted by atomic mass is 10.0. The zero-order valence-corrected chi connectivity index (χ0v) is 14.8. The summed E-state index contributed by atoms with van der Waals surface area (Å²) in [5.41, 5.74) is 4.39. The van der Waals surface area contributed by atoms with Crippen molar-refractivity contribution in [2.45, 2.75) is 64.4 Å². The Morgan fingerprint density at radius 1 is 1.30 bits per heavy atom. The fraction of sp³-hybridized carbons (Fsp3) is 0.647. The normalized spacial score (nSPS) is 19.2. The second-order valence-corrected chi connectivity index (χ2v) is 12.2. The van der Waals surface area contributed by atoms with E-state index in [4.69, 9.17) is 4.43 Å². The molecule has 20 heavy (non-hydrogen) atoms. The van der Waals surface area contributed by atoms with Gasteiger partial charge in [0.25, 0.3) is 0 Å². The zero-order valence-electron chi connectivity index (χ0n) is 13.8. The molecule has 0 aromatic heterocycles. The van der Waals surface area contributed by atoms with Gasteiger partial charge in [0.2, 0.25) is 0 Å². The van der Waals surface area contributed by atoms with E-state index in [-0.39, 0.29) is 5.04 Å². The number of hydrogen-bond donors (Lipinski definition) is 1. The summed E-state index contributed by atoms with van der Waals surface area (Å²) in [6.07, 6.45) is 2.61. The number of fused-ring (bicyclic) bond motifs is 1. The Balaban J connectivity index is 2.23. The maximum Gasteiger partial charge on any atom is 0.192 e. The minimum Gasteiger partial charge on any atom is -0.410 e. The van der Waals surface area contributed by atoms with Gasteiger partial charge in [-0.05, 0) is 54.7 Å². The van der Waals surface area contributed by atoms with Crippen molar-refractivity contribution >= 4 is 8.32 Å².